The zero-order chi connectivity index (χ0) is 22.8. The summed E-state index contributed by atoms with van der Waals surface area (Å²) in [5, 5.41) is 8.19. The molecule has 5 rings (SSSR count). The maximum absolute atomic E-state index is 13.2. The van der Waals surface area contributed by atoms with Gasteiger partial charge in [0.15, 0.2) is 11.3 Å². The van der Waals surface area contributed by atoms with Gasteiger partial charge in [-0.2, -0.15) is 23.4 Å². The molecular weight excluding hydrogens is 443 g/mol. The van der Waals surface area contributed by atoms with Crippen LogP contribution in [0.1, 0.15) is 40.3 Å². The largest absolute Gasteiger partial charge is 0.435 e. The molecule has 12 heteroatoms. The number of aromatic nitrogens is 6. The van der Waals surface area contributed by atoms with Crippen LogP contribution in [-0.4, -0.2) is 46.9 Å². The number of carbonyl (C=O) groups excluding carboxylic acids is 1. The first-order valence-electron chi connectivity index (χ1n) is 9.82. The number of pyridine rings is 1. The average molecular weight is 461 g/mol. The second-order valence-electron chi connectivity index (χ2n) is 7.69. The molecule has 0 bridgehead atoms. The third-order valence-electron chi connectivity index (χ3n) is 5.75. The second kappa shape index (κ2) is 7.12. The SMILES string of the molecule is CC1c2nn(C)c(-c3cc(C(F)(F)F)nn3C)c2CCN1C(=O)c1cnc2ncsc2c1. The number of carbonyl (C=O) groups is 1. The van der Waals surface area contributed by atoms with Crippen molar-refractivity contribution >= 4 is 27.6 Å². The number of nitrogens with zero attached hydrogens (tertiary/aromatic N) is 7. The summed E-state index contributed by atoms with van der Waals surface area (Å²) < 4.78 is 43.1. The third-order valence-corrected chi connectivity index (χ3v) is 6.52. The number of aryl methyl sites for hydroxylation is 2. The van der Waals surface area contributed by atoms with Crippen molar-refractivity contribution in [2.75, 3.05) is 6.54 Å². The fraction of sp³-hybridized carbons (Fsp3) is 0.350. The minimum Gasteiger partial charge on any atom is -0.330 e. The van der Waals surface area contributed by atoms with Crippen LogP contribution in [0.2, 0.25) is 0 Å². The monoisotopic (exact) mass is 461 g/mol. The van der Waals surface area contributed by atoms with Crippen molar-refractivity contribution < 1.29 is 18.0 Å². The lowest BCUT2D eigenvalue weighted by molar-refractivity contribution is -0.141. The third kappa shape index (κ3) is 3.17. The van der Waals surface area contributed by atoms with E-state index in [-0.39, 0.29) is 11.9 Å². The second-order valence-corrected chi connectivity index (χ2v) is 8.58. The summed E-state index contributed by atoms with van der Waals surface area (Å²) in [6.45, 7) is 2.28. The molecule has 4 aromatic rings. The fourth-order valence-corrected chi connectivity index (χ4v) is 4.88. The highest BCUT2D eigenvalue weighted by Gasteiger charge is 2.37. The van der Waals surface area contributed by atoms with Crippen LogP contribution < -0.4 is 0 Å². The van der Waals surface area contributed by atoms with Gasteiger partial charge in [-0.15, -0.1) is 11.3 Å². The van der Waals surface area contributed by atoms with Crippen molar-refractivity contribution in [1.29, 1.82) is 0 Å². The Morgan fingerprint density at radius 1 is 1.16 bits per heavy atom. The molecule has 1 unspecified atom stereocenters. The Balaban J connectivity index is 1.50. The molecule has 0 aromatic carbocycles. The van der Waals surface area contributed by atoms with Gasteiger partial charge in [0.2, 0.25) is 0 Å². The van der Waals surface area contributed by atoms with Gasteiger partial charge in [-0.3, -0.25) is 14.2 Å². The first-order valence-corrected chi connectivity index (χ1v) is 10.7. The van der Waals surface area contributed by atoms with Crippen LogP contribution in [0.3, 0.4) is 0 Å². The number of hydrogen-bond donors (Lipinski definition) is 0. The van der Waals surface area contributed by atoms with E-state index in [1.165, 1.54) is 29.3 Å². The van der Waals surface area contributed by atoms with Gasteiger partial charge in [-0.25, -0.2) is 9.97 Å². The lowest BCUT2D eigenvalue weighted by atomic mass is 9.96. The van der Waals surface area contributed by atoms with E-state index in [2.05, 4.69) is 20.2 Å². The molecule has 0 aliphatic carbocycles. The lowest BCUT2D eigenvalue weighted by Crippen LogP contribution is -2.39. The van der Waals surface area contributed by atoms with Gasteiger partial charge in [0, 0.05) is 32.4 Å². The predicted molar refractivity (Wildman–Crippen MR) is 111 cm³/mol. The molecule has 0 radical (unpaired) electrons. The van der Waals surface area contributed by atoms with Crippen LogP contribution in [0.5, 0.6) is 0 Å². The van der Waals surface area contributed by atoms with Crippen LogP contribution in [-0.2, 0) is 26.7 Å². The van der Waals surface area contributed by atoms with Gasteiger partial charge in [0.05, 0.1) is 38.9 Å². The zero-order valence-corrected chi connectivity index (χ0v) is 18.2. The highest BCUT2D eigenvalue weighted by Crippen LogP contribution is 2.38. The van der Waals surface area contributed by atoms with Crippen LogP contribution in [0.15, 0.2) is 23.8 Å². The minimum atomic E-state index is -4.53. The van der Waals surface area contributed by atoms with E-state index < -0.39 is 11.9 Å². The van der Waals surface area contributed by atoms with E-state index in [1.807, 2.05) is 6.92 Å². The summed E-state index contributed by atoms with van der Waals surface area (Å²) >= 11 is 1.41. The quantitative estimate of drug-likeness (QED) is 0.456. The molecule has 0 N–H and O–H groups in total. The van der Waals surface area contributed by atoms with E-state index in [9.17, 15) is 18.0 Å². The summed E-state index contributed by atoms with van der Waals surface area (Å²) in [4.78, 5) is 23.3. The molecule has 32 heavy (non-hydrogen) atoms. The van der Waals surface area contributed by atoms with E-state index in [0.717, 1.165) is 16.3 Å². The number of fused-ring (bicyclic) bond motifs is 2. The summed E-state index contributed by atoms with van der Waals surface area (Å²) in [5.74, 6) is -0.168. The normalized spacial score (nSPS) is 16.6. The average Bonchev–Trinajstić information content (AvgIpc) is 3.43. The molecule has 0 spiro atoms. The molecule has 1 atom stereocenters. The van der Waals surface area contributed by atoms with Gasteiger partial charge in [0.25, 0.3) is 5.91 Å². The van der Waals surface area contributed by atoms with Gasteiger partial charge in [0.1, 0.15) is 0 Å². The van der Waals surface area contributed by atoms with Gasteiger partial charge < -0.3 is 4.90 Å². The van der Waals surface area contributed by atoms with Crippen molar-refractivity contribution in [3.63, 3.8) is 0 Å². The highest BCUT2D eigenvalue weighted by molar-refractivity contribution is 7.16. The number of thiazole rings is 1. The van der Waals surface area contributed by atoms with Crippen molar-refractivity contribution in [2.45, 2.75) is 25.6 Å². The summed E-state index contributed by atoms with van der Waals surface area (Å²) in [6.07, 6.45) is -2.54. The molecule has 5 heterocycles. The van der Waals surface area contributed by atoms with Crippen molar-refractivity contribution in [3.05, 3.63) is 46.4 Å². The standard InChI is InChI=1S/C20H18F3N7OS/c1-10-16-12(17(29(3)27-16)13-7-15(20(21,22)23)26-28(13)2)4-5-30(10)19(31)11-6-14-18(24-8-11)25-9-32-14/h6-10H,4-5H2,1-3H3. The number of rotatable bonds is 2. The van der Waals surface area contributed by atoms with Crippen LogP contribution in [0, 0.1) is 0 Å². The molecule has 0 saturated carbocycles. The van der Waals surface area contributed by atoms with E-state index >= 15 is 0 Å². The number of alkyl halides is 3. The molecule has 0 fully saturated rings. The Morgan fingerprint density at radius 3 is 2.66 bits per heavy atom. The number of amides is 1. The molecule has 1 aliphatic rings. The molecular formula is C20H18F3N7OS. The molecule has 0 saturated heterocycles. The van der Waals surface area contributed by atoms with E-state index in [1.54, 1.807) is 28.2 Å². The highest BCUT2D eigenvalue weighted by atomic mass is 32.1. The maximum Gasteiger partial charge on any atom is 0.435 e. The van der Waals surface area contributed by atoms with Crippen molar-refractivity contribution in [3.8, 4) is 11.4 Å². The predicted octanol–water partition coefficient (Wildman–Crippen LogP) is 3.60. The zero-order valence-electron chi connectivity index (χ0n) is 17.4. The molecule has 1 amide bonds. The number of hydrogen-bond acceptors (Lipinski definition) is 6. The smallest absolute Gasteiger partial charge is 0.330 e. The Bertz CT molecular complexity index is 1350. The molecule has 8 nitrogen and oxygen atoms in total. The Hall–Kier alpha value is -3.28. The van der Waals surface area contributed by atoms with Crippen LogP contribution in [0.4, 0.5) is 13.2 Å². The Labute approximate surface area is 184 Å². The van der Waals surface area contributed by atoms with Crippen LogP contribution in [0.25, 0.3) is 21.7 Å². The topological polar surface area (TPSA) is 81.7 Å². The van der Waals surface area contributed by atoms with Gasteiger partial charge in [-0.05, 0) is 25.5 Å². The molecule has 1 aliphatic heterocycles. The Morgan fingerprint density at radius 2 is 1.94 bits per heavy atom. The van der Waals surface area contributed by atoms with Crippen LogP contribution >= 0.6 is 11.3 Å². The van der Waals surface area contributed by atoms with Crippen molar-refractivity contribution in [1.82, 2.24) is 34.4 Å². The summed E-state index contributed by atoms with van der Waals surface area (Å²) in [7, 11) is 3.17. The van der Waals surface area contributed by atoms with E-state index in [0.29, 0.717) is 41.3 Å². The maximum atomic E-state index is 13.2. The first-order chi connectivity index (χ1) is 15.1. The minimum absolute atomic E-state index is 0.168. The summed E-state index contributed by atoms with van der Waals surface area (Å²) in [5.41, 5.74) is 4.22. The van der Waals surface area contributed by atoms with Gasteiger partial charge >= 0.3 is 6.18 Å². The first kappa shape index (κ1) is 20.6. The number of halogens is 3. The van der Waals surface area contributed by atoms with Crippen molar-refractivity contribution in [2.24, 2.45) is 14.1 Å². The fourth-order valence-electron chi connectivity index (χ4n) is 4.21. The lowest BCUT2D eigenvalue weighted by Gasteiger charge is -2.33. The molecule has 166 valence electrons. The van der Waals surface area contributed by atoms with Gasteiger partial charge in [-0.1, -0.05) is 0 Å². The molecule has 4 aromatic heterocycles. The van der Waals surface area contributed by atoms with E-state index in [4.69, 9.17) is 0 Å². The summed E-state index contributed by atoms with van der Waals surface area (Å²) in [6, 6.07) is 2.47. The Kier molecular flexibility index (Phi) is 4.59.